The number of anilines is 4. The summed E-state index contributed by atoms with van der Waals surface area (Å²) in [5.41, 5.74) is 2.32. The Morgan fingerprint density at radius 3 is 2.36 bits per heavy atom. The first kappa shape index (κ1) is 20.4. The second kappa shape index (κ2) is 9.71. The number of aryl methyl sites for hydroxylation is 1. The maximum Gasteiger partial charge on any atom is 0.136 e. The molecule has 152 valence electrons. The van der Waals surface area contributed by atoms with Gasteiger partial charge in [0.15, 0.2) is 0 Å². The summed E-state index contributed by atoms with van der Waals surface area (Å²) >= 11 is 0. The molecule has 1 aromatic carbocycles. The highest BCUT2D eigenvalue weighted by molar-refractivity contribution is 5.62. The first-order valence-corrected chi connectivity index (χ1v) is 10.0. The van der Waals surface area contributed by atoms with E-state index in [-0.39, 0.29) is 0 Å². The lowest BCUT2D eigenvalue weighted by atomic mass is 10.2. The smallest absolute Gasteiger partial charge is 0.136 e. The van der Waals surface area contributed by atoms with Crippen molar-refractivity contribution in [2.24, 2.45) is 0 Å². The maximum atomic E-state index is 4.52. The molecule has 0 spiro atoms. The summed E-state index contributed by atoms with van der Waals surface area (Å²) in [7, 11) is 6.36. The van der Waals surface area contributed by atoms with E-state index in [1.807, 2.05) is 13.0 Å². The van der Waals surface area contributed by atoms with Gasteiger partial charge in [-0.15, -0.1) is 0 Å². The summed E-state index contributed by atoms with van der Waals surface area (Å²) < 4.78 is 0. The molecule has 0 aliphatic carbocycles. The summed E-state index contributed by atoms with van der Waals surface area (Å²) in [5.74, 6) is 2.44. The van der Waals surface area contributed by atoms with Gasteiger partial charge in [-0.1, -0.05) is 0 Å². The lowest BCUT2D eigenvalue weighted by Gasteiger charge is -2.34. The van der Waals surface area contributed by atoms with E-state index in [9.17, 15) is 0 Å². The number of rotatable bonds is 8. The maximum absolute atomic E-state index is 4.52. The highest BCUT2D eigenvalue weighted by atomic mass is 15.2. The van der Waals surface area contributed by atoms with Crippen LogP contribution < -0.4 is 15.5 Å². The minimum absolute atomic E-state index is 0.758. The van der Waals surface area contributed by atoms with Crippen molar-refractivity contribution in [2.75, 3.05) is 75.9 Å². The quantitative estimate of drug-likeness (QED) is 0.680. The van der Waals surface area contributed by atoms with E-state index in [0.717, 1.165) is 68.8 Å². The number of likely N-dealkylation sites (N-methyl/N-ethyl adjacent to an activating group) is 1. The summed E-state index contributed by atoms with van der Waals surface area (Å²) in [6, 6.07) is 10.6. The van der Waals surface area contributed by atoms with Crippen LogP contribution in [0.3, 0.4) is 0 Å². The molecule has 1 aromatic heterocycles. The van der Waals surface area contributed by atoms with Crippen LogP contribution in [0.4, 0.5) is 23.0 Å². The molecular formula is C21H33N7. The Bertz CT molecular complexity index is 737. The normalized spacial score (nSPS) is 15.1. The molecule has 1 fully saturated rings. The predicted molar refractivity (Wildman–Crippen MR) is 118 cm³/mol. The van der Waals surface area contributed by atoms with Crippen LogP contribution in [0.2, 0.25) is 0 Å². The average molecular weight is 384 g/mol. The fourth-order valence-electron chi connectivity index (χ4n) is 3.30. The SMILES string of the molecule is Cc1nc(NCCCN(C)C)cc(Nc2ccc(N3CCN(C)CC3)cc2)n1. The fourth-order valence-corrected chi connectivity index (χ4v) is 3.30. The molecular weight excluding hydrogens is 350 g/mol. The highest BCUT2D eigenvalue weighted by Crippen LogP contribution is 2.22. The van der Waals surface area contributed by atoms with Gasteiger partial charge in [-0.3, -0.25) is 0 Å². The molecule has 7 nitrogen and oxygen atoms in total. The number of hydrogen-bond acceptors (Lipinski definition) is 7. The lowest BCUT2D eigenvalue weighted by Crippen LogP contribution is -2.44. The van der Waals surface area contributed by atoms with Crippen molar-refractivity contribution in [3.05, 3.63) is 36.2 Å². The minimum atomic E-state index is 0.758. The van der Waals surface area contributed by atoms with Crippen LogP contribution in [0.5, 0.6) is 0 Å². The Morgan fingerprint density at radius 1 is 1.00 bits per heavy atom. The Morgan fingerprint density at radius 2 is 1.68 bits per heavy atom. The van der Waals surface area contributed by atoms with E-state index in [4.69, 9.17) is 0 Å². The molecule has 1 saturated heterocycles. The van der Waals surface area contributed by atoms with E-state index in [1.165, 1.54) is 5.69 Å². The van der Waals surface area contributed by atoms with Crippen molar-refractivity contribution in [1.29, 1.82) is 0 Å². The Hall–Kier alpha value is -2.38. The number of benzene rings is 1. The van der Waals surface area contributed by atoms with Gasteiger partial charge in [-0.2, -0.15) is 0 Å². The van der Waals surface area contributed by atoms with Gasteiger partial charge in [-0.05, 0) is 65.3 Å². The van der Waals surface area contributed by atoms with E-state index >= 15 is 0 Å². The third-order valence-corrected chi connectivity index (χ3v) is 4.93. The largest absolute Gasteiger partial charge is 0.370 e. The monoisotopic (exact) mass is 383 g/mol. The zero-order valence-corrected chi connectivity index (χ0v) is 17.6. The van der Waals surface area contributed by atoms with Crippen LogP contribution in [0, 0.1) is 6.92 Å². The zero-order valence-electron chi connectivity index (χ0n) is 17.6. The van der Waals surface area contributed by atoms with Crippen molar-refractivity contribution < 1.29 is 0 Å². The second-order valence-electron chi connectivity index (χ2n) is 7.73. The molecule has 2 aromatic rings. The number of nitrogens with one attached hydrogen (secondary N) is 2. The fraction of sp³-hybridized carbons (Fsp3) is 0.524. The van der Waals surface area contributed by atoms with Crippen molar-refractivity contribution >= 4 is 23.0 Å². The molecule has 7 heteroatoms. The molecule has 0 bridgehead atoms. The number of hydrogen-bond donors (Lipinski definition) is 2. The Kier molecular flexibility index (Phi) is 7.06. The number of nitrogens with zero attached hydrogens (tertiary/aromatic N) is 5. The minimum Gasteiger partial charge on any atom is -0.370 e. The summed E-state index contributed by atoms with van der Waals surface area (Å²) in [5, 5.41) is 6.80. The first-order valence-electron chi connectivity index (χ1n) is 10.0. The molecule has 1 aliphatic rings. The molecule has 0 unspecified atom stereocenters. The Labute approximate surface area is 168 Å². The van der Waals surface area contributed by atoms with Crippen LogP contribution in [0.15, 0.2) is 30.3 Å². The van der Waals surface area contributed by atoms with E-state index in [1.54, 1.807) is 0 Å². The Balaban J connectivity index is 1.58. The van der Waals surface area contributed by atoms with Gasteiger partial charge in [0.25, 0.3) is 0 Å². The molecule has 2 N–H and O–H groups in total. The molecule has 2 heterocycles. The van der Waals surface area contributed by atoms with E-state index < -0.39 is 0 Å². The first-order chi connectivity index (χ1) is 13.5. The number of piperazine rings is 1. The van der Waals surface area contributed by atoms with Crippen LogP contribution in [-0.2, 0) is 0 Å². The molecule has 3 rings (SSSR count). The van der Waals surface area contributed by atoms with Crippen molar-refractivity contribution in [3.8, 4) is 0 Å². The second-order valence-corrected chi connectivity index (χ2v) is 7.73. The van der Waals surface area contributed by atoms with Crippen molar-refractivity contribution in [1.82, 2.24) is 19.8 Å². The van der Waals surface area contributed by atoms with Gasteiger partial charge in [-0.25, -0.2) is 9.97 Å². The van der Waals surface area contributed by atoms with Gasteiger partial charge in [0.2, 0.25) is 0 Å². The molecule has 0 saturated carbocycles. The topological polar surface area (TPSA) is 59.6 Å². The number of aromatic nitrogens is 2. The van der Waals surface area contributed by atoms with Crippen molar-refractivity contribution in [2.45, 2.75) is 13.3 Å². The van der Waals surface area contributed by atoms with Gasteiger partial charge in [0.05, 0.1) is 0 Å². The van der Waals surface area contributed by atoms with Gasteiger partial charge in [0.1, 0.15) is 17.5 Å². The van der Waals surface area contributed by atoms with Crippen LogP contribution in [-0.4, -0.2) is 80.2 Å². The predicted octanol–water partition coefficient (Wildman–Crippen LogP) is 2.64. The van der Waals surface area contributed by atoms with E-state index in [2.05, 4.69) is 80.7 Å². The summed E-state index contributed by atoms with van der Waals surface area (Å²) in [4.78, 5) is 16.0. The molecule has 1 aliphatic heterocycles. The lowest BCUT2D eigenvalue weighted by molar-refractivity contribution is 0.313. The van der Waals surface area contributed by atoms with Gasteiger partial charge < -0.3 is 25.3 Å². The third-order valence-electron chi connectivity index (χ3n) is 4.93. The van der Waals surface area contributed by atoms with Crippen LogP contribution in [0.25, 0.3) is 0 Å². The molecule has 28 heavy (non-hydrogen) atoms. The average Bonchev–Trinajstić information content (AvgIpc) is 2.66. The summed E-state index contributed by atoms with van der Waals surface area (Å²) in [6.45, 7) is 8.27. The van der Waals surface area contributed by atoms with Crippen molar-refractivity contribution in [3.63, 3.8) is 0 Å². The van der Waals surface area contributed by atoms with Crippen LogP contribution >= 0.6 is 0 Å². The molecule has 0 radical (unpaired) electrons. The molecule has 0 atom stereocenters. The third kappa shape index (κ3) is 6.07. The van der Waals surface area contributed by atoms with Crippen LogP contribution in [0.1, 0.15) is 12.2 Å². The molecule has 0 amide bonds. The summed E-state index contributed by atoms with van der Waals surface area (Å²) in [6.07, 6.45) is 1.08. The van der Waals surface area contributed by atoms with E-state index in [0.29, 0.717) is 0 Å². The highest BCUT2D eigenvalue weighted by Gasteiger charge is 2.14. The van der Waals surface area contributed by atoms with Gasteiger partial charge in [0, 0.05) is 50.2 Å². The standard InChI is InChI=1S/C21H33N7/c1-17-23-20(22-10-5-11-26(2)3)16-21(24-17)25-18-6-8-19(9-7-18)28-14-12-27(4)13-15-28/h6-9,16H,5,10-15H2,1-4H3,(H2,22,23,24,25). The zero-order chi connectivity index (χ0) is 19.9. The van der Waals surface area contributed by atoms with Gasteiger partial charge >= 0.3 is 0 Å².